The number of carbonyl (C=O) groups is 2. The first-order valence-corrected chi connectivity index (χ1v) is 7.67. The van der Waals surface area contributed by atoms with E-state index in [-0.39, 0.29) is 5.91 Å². The van der Waals surface area contributed by atoms with E-state index in [1.54, 1.807) is 43.3 Å². The summed E-state index contributed by atoms with van der Waals surface area (Å²) in [5.74, 6) is -0.286. The summed E-state index contributed by atoms with van der Waals surface area (Å²) < 4.78 is 6.24. The molecule has 0 unspecified atom stereocenters. The highest BCUT2D eigenvalue weighted by molar-refractivity contribution is 9.10. The van der Waals surface area contributed by atoms with Crippen LogP contribution in [0.4, 0.5) is 5.69 Å². The largest absolute Gasteiger partial charge is 0.421 e. The second kappa shape index (κ2) is 7.22. The van der Waals surface area contributed by atoms with E-state index in [4.69, 9.17) is 4.74 Å². The van der Waals surface area contributed by atoms with Crippen LogP contribution in [0.5, 0.6) is 5.75 Å². The lowest BCUT2D eigenvalue weighted by Gasteiger charge is -2.11. The lowest BCUT2D eigenvalue weighted by Crippen LogP contribution is -2.13. The smallest absolute Gasteiger partial charge is 0.343 e. The second-order valence-electron chi connectivity index (χ2n) is 4.75. The summed E-state index contributed by atoms with van der Waals surface area (Å²) in [6, 6.07) is 12.1. The molecule has 0 radical (unpaired) electrons. The zero-order valence-corrected chi connectivity index (χ0v) is 13.9. The average molecular weight is 362 g/mol. The van der Waals surface area contributed by atoms with Crippen LogP contribution in [0, 0.1) is 6.92 Å². The molecule has 22 heavy (non-hydrogen) atoms. The predicted molar refractivity (Wildman–Crippen MR) is 89.2 cm³/mol. The Morgan fingerprint density at radius 3 is 2.59 bits per heavy atom. The van der Waals surface area contributed by atoms with Gasteiger partial charge in [-0.3, -0.25) is 4.79 Å². The van der Waals surface area contributed by atoms with Crippen molar-refractivity contribution < 1.29 is 14.3 Å². The van der Waals surface area contributed by atoms with Crippen molar-refractivity contribution in [2.24, 2.45) is 0 Å². The molecule has 1 amide bonds. The third kappa shape index (κ3) is 3.95. The van der Waals surface area contributed by atoms with Crippen LogP contribution in [0.3, 0.4) is 0 Å². The average Bonchev–Trinajstić information content (AvgIpc) is 2.51. The number of carbonyl (C=O) groups excluding carboxylic acids is 2. The van der Waals surface area contributed by atoms with Gasteiger partial charge in [0.25, 0.3) is 0 Å². The van der Waals surface area contributed by atoms with E-state index in [0.717, 1.165) is 10.0 Å². The summed E-state index contributed by atoms with van der Waals surface area (Å²) in [4.78, 5) is 23.7. The molecule has 0 heterocycles. The van der Waals surface area contributed by atoms with Gasteiger partial charge in [0.2, 0.25) is 5.91 Å². The van der Waals surface area contributed by atoms with Gasteiger partial charge in [0.1, 0.15) is 0 Å². The van der Waals surface area contributed by atoms with Crippen molar-refractivity contribution in [2.75, 3.05) is 5.32 Å². The normalized spacial score (nSPS) is 10.1. The number of hydrogen-bond donors (Lipinski definition) is 1. The van der Waals surface area contributed by atoms with Crippen LogP contribution in [-0.2, 0) is 4.79 Å². The SMILES string of the molecule is CCC(=O)Nc1ccccc1OC(=O)c1ccc(C)c(Br)c1. The van der Waals surface area contributed by atoms with Gasteiger partial charge in [0, 0.05) is 10.9 Å². The number of aryl methyl sites for hydroxylation is 1. The molecule has 0 aliphatic heterocycles. The van der Waals surface area contributed by atoms with Crippen molar-refractivity contribution in [1.82, 2.24) is 0 Å². The minimum atomic E-state index is -0.473. The molecule has 1 N–H and O–H groups in total. The number of hydrogen-bond acceptors (Lipinski definition) is 3. The zero-order chi connectivity index (χ0) is 16.1. The lowest BCUT2D eigenvalue weighted by atomic mass is 10.1. The van der Waals surface area contributed by atoms with Crippen LogP contribution < -0.4 is 10.1 Å². The molecule has 0 saturated carbocycles. The van der Waals surface area contributed by atoms with Crippen molar-refractivity contribution >= 4 is 33.5 Å². The number of nitrogens with one attached hydrogen (secondary N) is 1. The molecular formula is C17H16BrNO3. The number of halogens is 1. The third-order valence-electron chi connectivity index (χ3n) is 3.09. The first-order valence-electron chi connectivity index (χ1n) is 6.88. The van der Waals surface area contributed by atoms with Gasteiger partial charge in [0.15, 0.2) is 5.75 Å². The molecule has 114 valence electrons. The number of benzene rings is 2. The fraction of sp³-hybridized carbons (Fsp3) is 0.176. The summed E-state index contributed by atoms with van der Waals surface area (Å²) in [6.45, 7) is 3.70. The van der Waals surface area contributed by atoms with Gasteiger partial charge in [-0.15, -0.1) is 0 Å². The molecule has 2 aromatic rings. The number of para-hydroxylation sites is 2. The molecule has 0 atom stereocenters. The van der Waals surface area contributed by atoms with Crippen LogP contribution in [0.15, 0.2) is 46.9 Å². The summed E-state index contributed by atoms with van der Waals surface area (Å²) in [6.07, 6.45) is 0.354. The summed E-state index contributed by atoms with van der Waals surface area (Å²) in [5.41, 5.74) is 1.95. The molecule has 0 fully saturated rings. The minimum absolute atomic E-state index is 0.137. The molecular weight excluding hydrogens is 346 g/mol. The maximum atomic E-state index is 12.2. The van der Waals surface area contributed by atoms with Crippen molar-refractivity contribution in [3.05, 3.63) is 58.1 Å². The fourth-order valence-electron chi connectivity index (χ4n) is 1.78. The molecule has 0 aromatic heterocycles. The third-order valence-corrected chi connectivity index (χ3v) is 3.95. The summed E-state index contributed by atoms with van der Waals surface area (Å²) in [5, 5.41) is 2.71. The molecule has 4 nitrogen and oxygen atoms in total. The molecule has 2 rings (SSSR count). The highest BCUT2D eigenvalue weighted by Crippen LogP contribution is 2.25. The van der Waals surface area contributed by atoms with E-state index in [1.807, 2.05) is 13.0 Å². The topological polar surface area (TPSA) is 55.4 Å². The zero-order valence-electron chi connectivity index (χ0n) is 12.4. The van der Waals surface area contributed by atoms with Gasteiger partial charge in [-0.05, 0) is 36.8 Å². The summed E-state index contributed by atoms with van der Waals surface area (Å²) in [7, 11) is 0. The Morgan fingerprint density at radius 2 is 1.91 bits per heavy atom. The Bertz CT molecular complexity index is 713. The Balaban J connectivity index is 2.21. The number of rotatable bonds is 4. The quantitative estimate of drug-likeness (QED) is 0.651. The van der Waals surface area contributed by atoms with Gasteiger partial charge in [0.05, 0.1) is 11.3 Å². The van der Waals surface area contributed by atoms with E-state index in [1.165, 1.54) is 0 Å². The van der Waals surface area contributed by atoms with Crippen LogP contribution >= 0.6 is 15.9 Å². The molecule has 0 spiro atoms. The first kappa shape index (κ1) is 16.2. The number of anilines is 1. The van der Waals surface area contributed by atoms with Crippen molar-refractivity contribution in [3.8, 4) is 5.75 Å². The van der Waals surface area contributed by atoms with Crippen LogP contribution in [0.1, 0.15) is 29.3 Å². The van der Waals surface area contributed by atoms with Crippen molar-refractivity contribution in [3.63, 3.8) is 0 Å². The highest BCUT2D eigenvalue weighted by Gasteiger charge is 2.13. The fourth-order valence-corrected chi connectivity index (χ4v) is 2.15. The molecule has 0 aliphatic carbocycles. The van der Waals surface area contributed by atoms with Crippen molar-refractivity contribution in [2.45, 2.75) is 20.3 Å². The van der Waals surface area contributed by atoms with Gasteiger partial charge in [-0.1, -0.05) is 41.1 Å². The Labute approximate surface area is 137 Å². The number of amides is 1. The van der Waals surface area contributed by atoms with Gasteiger partial charge < -0.3 is 10.1 Å². The monoisotopic (exact) mass is 361 g/mol. The molecule has 2 aromatic carbocycles. The van der Waals surface area contributed by atoms with Crippen molar-refractivity contribution in [1.29, 1.82) is 0 Å². The Kier molecular flexibility index (Phi) is 5.33. The standard InChI is InChI=1S/C17H16BrNO3/c1-3-16(20)19-14-6-4-5-7-15(14)22-17(21)12-9-8-11(2)13(18)10-12/h4-10H,3H2,1-2H3,(H,19,20). The maximum Gasteiger partial charge on any atom is 0.343 e. The molecule has 0 aliphatic rings. The molecule has 0 saturated heterocycles. The van der Waals surface area contributed by atoms with E-state index in [2.05, 4.69) is 21.2 Å². The van der Waals surface area contributed by atoms with E-state index in [0.29, 0.717) is 23.4 Å². The number of ether oxygens (including phenoxy) is 1. The van der Waals surface area contributed by atoms with E-state index in [9.17, 15) is 9.59 Å². The van der Waals surface area contributed by atoms with Gasteiger partial charge >= 0.3 is 5.97 Å². The minimum Gasteiger partial charge on any atom is -0.421 e. The van der Waals surface area contributed by atoms with E-state index < -0.39 is 5.97 Å². The predicted octanol–water partition coefficient (Wildman–Crippen LogP) is 4.33. The van der Waals surface area contributed by atoms with Crippen LogP contribution in [-0.4, -0.2) is 11.9 Å². The Morgan fingerprint density at radius 1 is 1.18 bits per heavy atom. The highest BCUT2D eigenvalue weighted by atomic mass is 79.9. The molecule has 0 bridgehead atoms. The van der Waals surface area contributed by atoms with E-state index >= 15 is 0 Å². The lowest BCUT2D eigenvalue weighted by molar-refractivity contribution is -0.115. The van der Waals surface area contributed by atoms with Gasteiger partial charge in [-0.25, -0.2) is 4.79 Å². The summed E-state index contributed by atoms with van der Waals surface area (Å²) >= 11 is 3.39. The Hall–Kier alpha value is -2.14. The first-order chi connectivity index (χ1) is 10.5. The number of esters is 1. The van der Waals surface area contributed by atoms with Crippen LogP contribution in [0.2, 0.25) is 0 Å². The van der Waals surface area contributed by atoms with Crippen LogP contribution in [0.25, 0.3) is 0 Å². The maximum absolute atomic E-state index is 12.2. The van der Waals surface area contributed by atoms with Gasteiger partial charge in [-0.2, -0.15) is 0 Å². The second-order valence-corrected chi connectivity index (χ2v) is 5.61. The molecule has 5 heteroatoms.